The number of fused-ring (bicyclic) bond motifs is 1. The first kappa shape index (κ1) is 28.6. The minimum atomic E-state index is -0.888. The van der Waals surface area contributed by atoms with Crippen LogP contribution in [-0.4, -0.2) is 84.4 Å². The van der Waals surface area contributed by atoms with Crippen molar-refractivity contribution in [2.75, 3.05) is 46.3 Å². The molecular formula is C28H40Cl2N4O2S. The summed E-state index contributed by atoms with van der Waals surface area (Å²) < 4.78 is 0.989. The number of carbonyl (C=O) groups excluding carboxylic acids is 2. The van der Waals surface area contributed by atoms with Crippen molar-refractivity contribution in [1.82, 2.24) is 20.0 Å². The molecule has 3 fully saturated rings. The smallest absolute Gasteiger partial charge is 0.262 e. The summed E-state index contributed by atoms with van der Waals surface area (Å²) in [6.45, 7) is 7.61. The molecule has 0 bridgehead atoms. The predicted octanol–water partition coefficient (Wildman–Crippen LogP) is 5.28. The van der Waals surface area contributed by atoms with Gasteiger partial charge in [-0.2, -0.15) is 0 Å². The van der Waals surface area contributed by atoms with E-state index in [1.54, 1.807) is 0 Å². The number of thiophene rings is 1. The molecule has 0 unspecified atom stereocenters. The van der Waals surface area contributed by atoms with E-state index in [2.05, 4.69) is 22.2 Å². The zero-order valence-corrected chi connectivity index (χ0v) is 24.4. The Bertz CT molecular complexity index is 1090. The summed E-state index contributed by atoms with van der Waals surface area (Å²) >= 11 is 7.60. The van der Waals surface area contributed by atoms with Gasteiger partial charge >= 0.3 is 0 Å². The first-order valence-corrected chi connectivity index (χ1v) is 14.8. The van der Waals surface area contributed by atoms with Gasteiger partial charge in [0.1, 0.15) is 5.54 Å². The van der Waals surface area contributed by atoms with Crippen LogP contribution < -0.4 is 5.32 Å². The maximum absolute atomic E-state index is 14.1. The maximum Gasteiger partial charge on any atom is 0.262 e. The number of halogens is 2. The minimum absolute atomic E-state index is 0. The Hall–Kier alpha value is -1.38. The zero-order chi connectivity index (χ0) is 25.3. The lowest BCUT2D eigenvalue weighted by Gasteiger charge is -2.46. The van der Waals surface area contributed by atoms with Crippen LogP contribution in [0, 0.1) is 5.92 Å². The number of nitrogens with zero attached hydrogens (tertiary/aromatic N) is 3. The van der Waals surface area contributed by atoms with Gasteiger partial charge in [0.2, 0.25) is 5.91 Å². The average molecular weight is 568 g/mol. The van der Waals surface area contributed by atoms with E-state index >= 15 is 0 Å². The number of hydrogen-bond donors (Lipinski definition) is 1. The van der Waals surface area contributed by atoms with Crippen molar-refractivity contribution in [2.24, 2.45) is 5.92 Å². The summed E-state index contributed by atoms with van der Waals surface area (Å²) in [4.78, 5) is 35.2. The molecule has 1 saturated carbocycles. The molecule has 1 N–H and O–H groups in total. The van der Waals surface area contributed by atoms with Gasteiger partial charge in [0.25, 0.3) is 5.91 Å². The van der Waals surface area contributed by atoms with Crippen LogP contribution in [0.25, 0.3) is 10.1 Å². The Kier molecular flexibility index (Phi) is 9.44. The minimum Gasteiger partial charge on any atom is -0.338 e. The van der Waals surface area contributed by atoms with Crippen LogP contribution in [-0.2, 0) is 4.79 Å². The fourth-order valence-electron chi connectivity index (χ4n) is 6.40. The largest absolute Gasteiger partial charge is 0.338 e. The van der Waals surface area contributed by atoms with Crippen molar-refractivity contribution < 1.29 is 9.59 Å². The van der Waals surface area contributed by atoms with E-state index < -0.39 is 5.54 Å². The second-order valence-electron chi connectivity index (χ2n) is 11.1. The second kappa shape index (κ2) is 12.2. The second-order valence-corrected chi connectivity index (χ2v) is 12.7. The van der Waals surface area contributed by atoms with Gasteiger partial charge < -0.3 is 15.1 Å². The molecule has 6 nitrogen and oxygen atoms in total. The van der Waals surface area contributed by atoms with Gasteiger partial charge in [-0.25, -0.2) is 0 Å². The molecular weight excluding hydrogens is 527 g/mol. The molecule has 37 heavy (non-hydrogen) atoms. The van der Waals surface area contributed by atoms with Crippen molar-refractivity contribution >= 4 is 57.2 Å². The van der Waals surface area contributed by atoms with Crippen LogP contribution in [0.3, 0.4) is 0 Å². The van der Waals surface area contributed by atoms with Crippen LogP contribution in [0.4, 0.5) is 0 Å². The monoisotopic (exact) mass is 566 g/mol. The van der Waals surface area contributed by atoms with Gasteiger partial charge in [-0.15, -0.1) is 23.7 Å². The summed E-state index contributed by atoms with van der Waals surface area (Å²) in [5.41, 5.74) is -0.888. The molecule has 5 rings (SSSR count). The van der Waals surface area contributed by atoms with E-state index in [9.17, 15) is 9.59 Å². The van der Waals surface area contributed by atoms with E-state index in [0.29, 0.717) is 15.9 Å². The molecule has 1 aromatic carbocycles. The molecule has 0 spiro atoms. The first-order chi connectivity index (χ1) is 17.3. The standard InChI is InChI=1S/C28H39ClN4O2S.ClH/c1-28(21-6-4-3-5-7-21,30-26(34)25-18-20-8-9-22(29)19-24(20)36-25)27(35)33-16-14-32(15-17-33)23-10-12-31(2)13-11-23;/h8-9,18-19,21,23H,3-7,10-17H2,1-2H3,(H,30,34);1H/t28-;/m0./s1. The highest BCUT2D eigenvalue weighted by Gasteiger charge is 2.46. The van der Waals surface area contributed by atoms with Crippen LogP contribution >= 0.6 is 35.3 Å². The molecule has 204 valence electrons. The number of rotatable bonds is 5. The third-order valence-corrected chi connectivity index (χ3v) is 10.1. The van der Waals surface area contributed by atoms with E-state index in [4.69, 9.17) is 11.6 Å². The van der Waals surface area contributed by atoms with Crippen molar-refractivity contribution in [2.45, 2.75) is 63.5 Å². The predicted molar refractivity (Wildman–Crippen MR) is 155 cm³/mol. The SMILES string of the molecule is CN1CCC(N2CCN(C(=O)[C@@](C)(NC(=O)c3cc4ccc(Cl)cc4s3)C3CCCCC3)CC2)CC1.Cl. The topological polar surface area (TPSA) is 55.9 Å². The van der Waals surface area contributed by atoms with Gasteiger partial charge in [-0.3, -0.25) is 14.5 Å². The van der Waals surface area contributed by atoms with Crippen molar-refractivity contribution in [3.05, 3.63) is 34.2 Å². The Morgan fingerprint density at radius 2 is 1.65 bits per heavy atom. The highest BCUT2D eigenvalue weighted by molar-refractivity contribution is 7.20. The number of hydrogen-bond acceptors (Lipinski definition) is 5. The van der Waals surface area contributed by atoms with Gasteiger partial charge in [-0.05, 0) is 82.2 Å². The van der Waals surface area contributed by atoms with E-state index in [-0.39, 0.29) is 30.1 Å². The third-order valence-electron chi connectivity index (χ3n) is 8.75. The summed E-state index contributed by atoms with van der Waals surface area (Å²) in [6.07, 6.45) is 7.84. The molecule has 1 atom stereocenters. The molecule has 2 saturated heterocycles. The number of piperazine rings is 1. The molecule has 0 radical (unpaired) electrons. The molecule has 3 aliphatic rings. The van der Waals surface area contributed by atoms with Gasteiger partial charge in [0.15, 0.2) is 0 Å². The van der Waals surface area contributed by atoms with Crippen LogP contribution in [0.1, 0.15) is 61.5 Å². The molecule has 2 aromatic rings. The third kappa shape index (κ3) is 6.27. The molecule has 2 aliphatic heterocycles. The number of benzene rings is 1. The number of piperidine rings is 1. The summed E-state index contributed by atoms with van der Waals surface area (Å²) in [5.74, 6) is 0.104. The molecule has 3 heterocycles. The quantitative estimate of drug-likeness (QED) is 0.534. The zero-order valence-electron chi connectivity index (χ0n) is 22.0. The van der Waals surface area contributed by atoms with E-state index in [1.807, 2.05) is 36.1 Å². The fraction of sp³-hybridized carbons (Fsp3) is 0.643. The fourth-order valence-corrected chi connectivity index (χ4v) is 7.64. The Balaban J connectivity index is 0.00000320. The molecule has 1 aliphatic carbocycles. The highest BCUT2D eigenvalue weighted by Crippen LogP contribution is 2.36. The average Bonchev–Trinajstić information content (AvgIpc) is 3.33. The van der Waals surface area contributed by atoms with Crippen LogP contribution in [0.5, 0.6) is 0 Å². The Labute approximate surface area is 236 Å². The summed E-state index contributed by atoms with van der Waals surface area (Å²) in [5, 5.41) is 4.93. The van der Waals surface area contributed by atoms with Gasteiger partial charge in [-0.1, -0.05) is 36.9 Å². The lowest BCUT2D eigenvalue weighted by molar-refractivity contribution is -0.142. The molecule has 1 aromatic heterocycles. The first-order valence-electron chi connectivity index (χ1n) is 13.6. The lowest BCUT2D eigenvalue weighted by atomic mass is 9.74. The number of likely N-dealkylation sites (tertiary alicyclic amines) is 1. The Morgan fingerprint density at radius 3 is 2.32 bits per heavy atom. The Morgan fingerprint density at radius 1 is 0.973 bits per heavy atom. The summed E-state index contributed by atoms with van der Waals surface area (Å²) in [7, 11) is 2.20. The van der Waals surface area contributed by atoms with Gasteiger partial charge in [0.05, 0.1) is 4.88 Å². The maximum atomic E-state index is 14.1. The van der Waals surface area contributed by atoms with Crippen molar-refractivity contribution in [1.29, 1.82) is 0 Å². The normalized spacial score (nSPS) is 22.4. The highest BCUT2D eigenvalue weighted by atomic mass is 35.5. The number of nitrogens with one attached hydrogen (secondary N) is 1. The lowest BCUT2D eigenvalue weighted by Crippen LogP contribution is -2.65. The number of amides is 2. The molecule has 2 amide bonds. The van der Waals surface area contributed by atoms with E-state index in [0.717, 1.165) is 75.0 Å². The molecule has 9 heteroatoms. The van der Waals surface area contributed by atoms with Gasteiger partial charge in [0, 0.05) is 41.9 Å². The van der Waals surface area contributed by atoms with Crippen molar-refractivity contribution in [3.8, 4) is 0 Å². The van der Waals surface area contributed by atoms with E-state index in [1.165, 1.54) is 30.6 Å². The van der Waals surface area contributed by atoms with Crippen molar-refractivity contribution in [3.63, 3.8) is 0 Å². The van der Waals surface area contributed by atoms with Crippen LogP contribution in [0.2, 0.25) is 5.02 Å². The number of carbonyl (C=O) groups is 2. The van der Waals surface area contributed by atoms with Crippen LogP contribution in [0.15, 0.2) is 24.3 Å². The summed E-state index contributed by atoms with van der Waals surface area (Å²) in [6, 6.07) is 8.23.